The van der Waals surface area contributed by atoms with Crippen molar-refractivity contribution in [1.82, 2.24) is 9.97 Å². The summed E-state index contributed by atoms with van der Waals surface area (Å²) in [7, 11) is 2.88. The van der Waals surface area contributed by atoms with Crippen LogP contribution in [0.1, 0.15) is 0 Å². The van der Waals surface area contributed by atoms with Gasteiger partial charge in [0.1, 0.15) is 0 Å². The zero-order chi connectivity index (χ0) is 9.68. The highest BCUT2D eigenvalue weighted by Crippen LogP contribution is 2.18. The molecule has 1 heterocycles. The van der Waals surface area contributed by atoms with Crippen molar-refractivity contribution in [2.75, 3.05) is 14.2 Å². The van der Waals surface area contributed by atoms with Crippen molar-refractivity contribution >= 4 is 0 Å². The highest BCUT2D eigenvalue weighted by molar-refractivity contribution is 5.23. The topological polar surface area (TPSA) is 77.3 Å². The molecule has 0 radical (unpaired) electrons. The molecule has 13 heavy (non-hydrogen) atoms. The average Bonchev–Trinajstić information content (AvgIpc) is 2.17. The van der Waals surface area contributed by atoms with E-state index in [-0.39, 0.29) is 17.8 Å². The molecule has 1 rings (SSSR count). The lowest BCUT2D eigenvalue weighted by molar-refractivity contribution is 0.351. The number of rotatable bonds is 3. The van der Waals surface area contributed by atoms with Crippen LogP contribution in [0.15, 0.2) is 6.07 Å². The van der Waals surface area contributed by atoms with Crippen LogP contribution in [-0.2, 0) is 0 Å². The molecular formula is C7H7N3O3. The van der Waals surface area contributed by atoms with Crippen LogP contribution in [-0.4, -0.2) is 24.2 Å². The van der Waals surface area contributed by atoms with E-state index in [2.05, 4.69) is 14.7 Å². The highest BCUT2D eigenvalue weighted by atomic mass is 16.5. The first-order chi connectivity index (χ1) is 6.30. The molecule has 0 aliphatic carbocycles. The summed E-state index contributed by atoms with van der Waals surface area (Å²) in [6.07, 6.45) is 1.45. The van der Waals surface area contributed by atoms with Gasteiger partial charge in [-0.25, -0.2) is 0 Å². The largest absolute Gasteiger partial charge is 0.481 e. The average molecular weight is 181 g/mol. The van der Waals surface area contributed by atoms with Crippen LogP contribution in [0.4, 0.5) is 0 Å². The van der Waals surface area contributed by atoms with Gasteiger partial charge in [0.15, 0.2) is 0 Å². The molecule has 0 aromatic carbocycles. The van der Waals surface area contributed by atoms with Crippen LogP contribution in [0.3, 0.4) is 0 Å². The fraction of sp³-hybridized carbons (Fsp3) is 0.286. The van der Waals surface area contributed by atoms with Gasteiger partial charge in [-0.2, -0.15) is 9.97 Å². The van der Waals surface area contributed by atoms with E-state index in [1.807, 2.05) is 0 Å². The number of aromatic nitrogens is 2. The van der Waals surface area contributed by atoms with Gasteiger partial charge in [-0.15, -0.1) is 5.26 Å². The maximum atomic E-state index is 8.21. The minimum atomic E-state index is -0.0984. The second-order valence-corrected chi connectivity index (χ2v) is 1.93. The molecule has 0 unspecified atom stereocenters. The summed E-state index contributed by atoms with van der Waals surface area (Å²) in [5.41, 5.74) is 0. The molecule has 0 saturated carbocycles. The summed E-state index contributed by atoms with van der Waals surface area (Å²) in [6.45, 7) is 0. The minimum Gasteiger partial charge on any atom is -0.481 e. The van der Waals surface area contributed by atoms with E-state index in [0.717, 1.165) is 0 Å². The third kappa shape index (κ3) is 2.20. The molecule has 0 saturated heterocycles. The normalized spacial score (nSPS) is 8.69. The maximum Gasteiger partial charge on any atom is 0.339 e. The van der Waals surface area contributed by atoms with Crippen molar-refractivity contribution in [3.63, 3.8) is 0 Å². The van der Waals surface area contributed by atoms with Crippen LogP contribution < -0.4 is 14.2 Å². The standard InChI is InChI=1S/C7H7N3O3/c1-11-5-3-6(12-2)10-7(9-5)13-4-8/h3H,1-2H3. The van der Waals surface area contributed by atoms with E-state index < -0.39 is 0 Å². The van der Waals surface area contributed by atoms with Gasteiger partial charge in [0.2, 0.25) is 11.8 Å². The summed E-state index contributed by atoms with van der Waals surface area (Å²) in [5.74, 6) is 0.550. The molecule has 0 fully saturated rings. The molecular weight excluding hydrogens is 174 g/mol. The maximum absolute atomic E-state index is 8.21. The molecule has 6 nitrogen and oxygen atoms in total. The Labute approximate surface area is 74.7 Å². The molecule has 6 heteroatoms. The van der Waals surface area contributed by atoms with E-state index in [9.17, 15) is 0 Å². The first-order valence-corrected chi connectivity index (χ1v) is 3.33. The second-order valence-electron chi connectivity index (χ2n) is 1.93. The van der Waals surface area contributed by atoms with E-state index in [0.29, 0.717) is 0 Å². The predicted octanol–water partition coefficient (Wildman–Crippen LogP) is 0.354. The molecule has 1 aromatic heterocycles. The fourth-order valence-electron chi connectivity index (χ4n) is 0.679. The summed E-state index contributed by atoms with van der Waals surface area (Å²) in [6, 6.07) is 1.38. The highest BCUT2D eigenvalue weighted by Gasteiger charge is 2.05. The lowest BCUT2D eigenvalue weighted by atomic mass is 10.6. The molecule has 0 bridgehead atoms. The van der Waals surface area contributed by atoms with E-state index in [4.69, 9.17) is 14.7 Å². The Morgan fingerprint density at radius 1 is 1.23 bits per heavy atom. The van der Waals surface area contributed by atoms with E-state index in [1.165, 1.54) is 26.5 Å². The quantitative estimate of drug-likeness (QED) is 0.626. The Bertz CT molecular complexity index is 312. The van der Waals surface area contributed by atoms with E-state index >= 15 is 0 Å². The van der Waals surface area contributed by atoms with Crippen LogP contribution in [0, 0.1) is 11.5 Å². The van der Waals surface area contributed by atoms with Gasteiger partial charge >= 0.3 is 6.01 Å². The van der Waals surface area contributed by atoms with Gasteiger partial charge in [-0.05, 0) is 0 Å². The van der Waals surface area contributed by atoms with Crippen LogP contribution in [0.2, 0.25) is 0 Å². The van der Waals surface area contributed by atoms with Crippen LogP contribution in [0.25, 0.3) is 0 Å². The van der Waals surface area contributed by atoms with Crippen molar-refractivity contribution in [2.45, 2.75) is 0 Å². The SMILES string of the molecule is COc1cc(OC)nc(OC#N)n1. The number of hydrogen-bond acceptors (Lipinski definition) is 6. The lowest BCUT2D eigenvalue weighted by Crippen LogP contribution is -1.97. The van der Waals surface area contributed by atoms with Gasteiger partial charge in [0.25, 0.3) is 6.26 Å². The Morgan fingerprint density at radius 3 is 2.15 bits per heavy atom. The zero-order valence-electron chi connectivity index (χ0n) is 7.14. The van der Waals surface area contributed by atoms with Gasteiger partial charge in [0, 0.05) is 0 Å². The van der Waals surface area contributed by atoms with Crippen molar-refractivity contribution in [3.05, 3.63) is 6.07 Å². The molecule has 0 amide bonds. The first kappa shape index (κ1) is 9.06. The minimum absolute atomic E-state index is 0.0984. The summed E-state index contributed by atoms with van der Waals surface area (Å²) >= 11 is 0. The molecule has 68 valence electrons. The van der Waals surface area contributed by atoms with Gasteiger partial charge in [0.05, 0.1) is 20.3 Å². The van der Waals surface area contributed by atoms with Crippen LogP contribution in [0.5, 0.6) is 17.8 Å². The van der Waals surface area contributed by atoms with Gasteiger partial charge < -0.3 is 14.2 Å². The molecule has 0 aliphatic heterocycles. The molecule has 0 N–H and O–H groups in total. The Balaban J connectivity index is 3.01. The van der Waals surface area contributed by atoms with Gasteiger partial charge in [-0.3, -0.25) is 0 Å². The summed E-state index contributed by atoms with van der Waals surface area (Å²) in [5, 5.41) is 8.21. The Kier molecular flexibility index (Phi) is 2.87. The van der Waals surface area contributed by atoms with Crippen molar-refractivity contribution in [3.8, 4) is 24.0 Å². The second kappa shape index (κ2) is 4.11. The Morgan fingerprint density at radius 2 is 1.77 bits per heavy atom. The summed E-state index contributed by atoms with van der Waals surface area (Å²) < 4.78 is 14.1. The lowest BCUT2D eigenvalue weighted by Gasteiger charge is -2.02. The number of nitriles is 1. The van der Waals surface area contributed by atoms with E-state index in [1.54, 1.807) is 0 Å². The zero-order valence-corrected chi connectivity index (χ0v) is 7.14. The number of hydrogen-bond donors (Lipinski definition) is 0. The first-order valence-electron chi connectivity index (χ1n) is 3.33. The van der Waals surface area contributed by atoms with Crippen LogP contribution >= 0.6 is 0 Å². The molecule has 1 aromatic rings. The third-order valence-corrected chi connectivity index (χ3v) is 1.21. The number of ether oxygens (including phenoxy) is 3. The fourth-order valence-corrected chi connectivity index (χ4v) is 0.679. The van der Waals surface area contributed by atoms with Gasteiger partial charge in [-0.1, -0.05) is 0 Å². The number of methoxy groups -OCH3 is 2. The smallest absolute Gasteiger partial charge is 0.339 e. The van der Waals surface area contributed by atoms with Crippen molar-refractivity contribution < 1.29 is 14.2 Å². The molecule has 0 atom stereocenters. The Hall–Kier alpha value is -2.03. The monoisotopic (exact) mass is 181 g/mol. The predicted molar refractivity (Wildman–Crippen MR) is 41.4 cm³/mol. The summed E-state index contributed by atoms with van der Waals surface area (Å²) in [4.78, 5) is 7.46. The van der Waals surface area contributed by atoms with Crippen molar-refractivity contribution in [2.24, 2.45) is 0 Å². The third-order valence-electron chi connectivity index (χ3n) is 1.21. The molecule has 0 aliphatic rings. The number of nitrogens with zero attached hydrogens (tertiary/aromatic N) is 3. The van der Waals surface area contributed by atoms with Crippen molar-refractivity contribution in [1.29, 1.82) is 5.26 Å². The molecule has 0 spiro atoms.